The van der Waals surface area contributed by atoms with E-state index in [1.54, 1.807) is 12.1 Å². The second kappa shape index (κ2) is 7.35. The lowest BCUT2D eigenvalue weighted by molar-refractivity contribution is 0.110. The van der Waals surface area contributed by atoms with Crippen LogP contribution < -0.4 is 10.5 Å². The Labute approximate surface area is 127 Å². The van der Waals surface area contributed by atoms with E-state index in [9.17, 15) is 13.5 Å². The Morgan fingerprint density at radius 3 is 2.43 bits per heavy atom. The third kappa shape index (κ3) is 4.78. The van der Waals surface area contributed by atoms with E-state index in [1.165, 1.54) is 6.07 Å². The molecule has 0 aromatic heterocycles. The first-order valence-corrected chi connectivity index (χ1v) is 8.79. The largest absolute Gasteiger partial charge is 0.396 e. The average Bonchev–Trinajstić information content (AvgIpc) is 2.48. The predicted octanol–water partition coefficient (Wildman–Crippen LogP) is 1.78. The molecule has 120 valence electrons. The summed E-state index contributed by atoms with van der Waals surface area (Å²) in [6.45, 7) is 6.91. The molecule has 1 rings (SSSR count). The highest BCUT2D eigenvalue weighted by Gasteiger charge is 2.25. The second-order valence-electron chi connectivity index (χ2n) is 5.59. The van der Waals surface area contributed by atoms with E-state index in [0.717, 1.165) is 18.4 Å². The van der Waals surface area contributed by atoms with E-state index in [1.807, 2.05) is 13.0 Å². The monoisotopic (exact) mass is 314 g/mol. The van der Waals surface area contributed by atoms with Crippen LogP contribution in [-0.4, -0.2) is 26.7 Å². The Morgan fingerprint density at radius 2 is 1.95 bits per heavy atom. The zero-order chi connectivity index (χ0) is 16.1. The minimum absolute atomic E-state index is 0.0178. The summed E-state index contributed by atoms with van der Waals surface area (Å²) in [6.07, 6.45) is 1.77. The van der Waals surface area contributed by atoms with Gasteiger partial charge in [-0.25, -0.2) is 13.6 Å². The van der Waals surface area contributed by atoms with Crippen LogP contribution in [0.3, 0.4) is 0 Å². The molecule has 0 aliphatic carbocycles. The van der Waals surface area contributed by atoms with Gasteiger partial charge in [-0.05, 0) is 37.5 Å². The van der Waals surface area contributed by atoms with Gasteiger partial charge in [-0.3, -0.25) is 0 Å². The van der Waals surface area contributed by atoms with Crippen LogP contribution in [0.5, 0.6) is 0 Å². The molecule has 1 aromatic carbocycles. The van der Waals surface area contributed by atoms with E-state index in [4.69, 9.17) is 5.14 Å². The molecule has 21 heavy (non-hydrogen) atoms. The zero-order valence-corrected chi connectivity index (χ0v) is 13.8. The van der Waals surface area contributed by atoms with Gasteiger partial charge in [0.2, 0.25) is 10.0 Å². The normalized spacial score (nSPS) is 14.1. The quantitative estimate of drug-likeness (QED) is 0.682. The van der Waals surface area contributed by atoms with Gasteiger partial charge in [-0.2, -0.15) is 0 Å². The number of benzene rings is 1. The van der Waals surface area contributed by atoms with Gasteiger partial charge in [-0.15, -0.1) is 0 Å². The van der Waals surface area contributed by atoms with Gasteiger partial charge < -0.3 is 10.4 Å². The molecule has 0 bridgehead atoms. The first-order valence-electron chi connectivity index (χ1n) is 7.25. The van der Waals surface area contributed by atoms with Crippen molar-refractivity contribution in [2.24, 2.45) is 10.6 Å². The molecule has 0 fully saturated rings. The summed E-state index contributed by atoms with van der Waals surface area (Å²) in [5, 5.41) is 18.1. The van der Waals surface area contributed by atoms with Crippen molar-refractivity contribution < 1.29 is 13.5 Å². The lowest BCUT2D eigenvalue weighted by atomic mass is 9.83. The number of aliphatic hydroxyl groups excluding tert-OH is 1. The van der Waals surface area contributed by atoms with Gasteiger partial charge in [-0.1, -0.05) is 26.0 Å². The van der Waals surface area contributed by atoms with Crippen LogP contribution in [0.15, 0.2) is 29.2 Å². The van der Waals surface area contributed by atoms with Gasteiger partial charge >= 0.3 is 0 Å². The number of nitrogens with two attached hydrogens (primary N) is 1. The number of nitrogens with one attached hydrogen (secondary N) is 1. The average molecular weight is 314 g/mol. The standard InChI is InChI=1S/C15H26N2O3S/c1-4-15(5-2,11-18)10-17-12(3)13-7-6-8-14(9-13)21(16,19)20/h6-9,12,17-18H,4-5,10-11H2,1-3H3,(H2,16,19,20). The highest BCUT2D eigenvalue weighted by Crippen LogP contribution is 2.26. The Morgan fingerprint density at radius 1 is 1.33 bits per heavy atom. The van der Waals surface area contributed by atoms with E-state index in [2.05, 4.69) is 19.2 Å². The first kappa shape index (κ1) is 18.1. The van der Waals surface area contributed by atoms with Crippen LogP contribution in [0.1, 0.15) is 45.2 Å². The fourth-order valence-corrected chi connectivity index (χ4v) is 2.80. The fraction of sp³-hybridized carbons (Fsp3) is 0.600. The molecule has 1 aromatic rings. The third-order valence-electron chi connectivity index (χ3n) is 4.31. The lowest BCUT2D eigenvalue weighted by Gasteiger charge is -2.31. The SMILES string of the molecule is CCC(CC)(CO)CNC(C)c1cccc(S(N)(=O)=O)c1. The highest BCUT2D eigenvalue weighted by molar-refractivity contribution is 7.89. The summed E-state index contributed by atoms with van der Waals surface area (Å²) in [7, 11) is -3.68. The Hall–Kier alpha value is -0.950. The highest BCUT2D eigenvalue weighted by atomic mass is 32.2. The van der Waals surface area contributed by atoms with Crippen LogP contribution in [0, 0.1) is 5.41 Å². The molecule has 4 N–H and O–H groups in total. The molecular formula is C15H26N2O3S. The Kier molecular flexibility index (Phi) is 6.34. The maximum absolute atomic E-state index is 11.4. The molecule has 6 heteroatoms. The number of hydrogen-bond donors (Lipinski definition) is 3. The number of aliphatic hydroxyl groups is 1. The number of rotatable bonds is 8. The van der Waals surface area contributed by atoms with Crippen LogP contribution in [0.4, 0.5) is 0 Å². The summed E-state index contributed by atoms with van der Waals surface area (Å²) in [4.78, 5) is 0.119. The summed E-state index contributed by atoms with van der Waals surface area (Å²) in [5.74, 6) is 0. The third-order valence-corrected chi connectivity index (χ3v) is 5.22. The van der Waals surface area contributed by atoms with E-state index >= 15 is 0 Å². The fourth-order valence-electron chi connectivity index (χ4n) is 2.23. The van der Waals surface area contributed by atoms with Gasteiger partial charge in [0.15, 0.2) is 0 Å². The minimum Gasteiger partial charge on any atom is -0.396 e. The van der Waals surface area contributed by atoms with Crippen molar-refractivity contribution in [1.29, 1.82) is 0 Å². The smallest absolute Gasteiger partial charge is 0.238 e. The molecule has 0 radical (unpaired) electrons. The molecule has 1 atom stereocenters. The van der Waals surface area contributed by atoms with Crippen molar-refractivity contribution in [2.45, 2.75) is 44.6 Å². The second-order valence-corrected chi connectivity index (χ2v) is 7.15. The summed E-state index contributed by atoms with van der Waals surface area (Å²) >= 11 is 0. The lowest BCUT2D eigenvalue weighted by Crippen LogP contribution is -2.37. The van der Waals surface area contributed by atoms with Crippen LogP contribution in [-0.2, 0) is 10.0 Å². The van der Waals surface area contributed by atoms with Crippen molar-refractivity contribution >= 4 is 10.0 Å². The molecular weight excluding hydrogens is 288 g/mol. The van der Waals surface area contributed by atoms with Crippen LogP contribution in [0.2, 0.25) is 0 Å². The van der Waals surface area contributed by atoms with Crippen molar-refractivity contribution in [3.8, 4) is 0 Å². The number of primary sulfonamides is 1. The molecule has 0 saturated carbocycles. The van der Waals surface area contributed by atoms with Gasteiger partial charge in [0.25, 0.3) is 0 Å². The minimum atomic E-state index is -3.68. The zero-order valence-electron chi connectivity index (χ0n) is 13.0. The Balaban J connectivity index is 2.83. The van der Waals surface area contributed by atoms with Crippen molar-refractivity contribution in [3.05, 3.63) is 29.8 Å². The van der Waals surface area contributed by atoms with E-state index in [-0.39, 0.29) is 23.0 Å². The topological polar surface area (TPSA) is 92.4 Å². The predicted molar refractivity (Wildman–Crippen MR) is 84.3 cm³/mol. The van der Waals surface area contributed by atoms with Crippen molar-refractivity contribution in [1.82, 2.24) is 5.32 Å². The van der Waals surface area contributed by atoms with Gasteiger partial charge in [0, 0.05) is 24.6 Å². The van der Waals surface area contributed by atoms with Crippen LogP contribution in [0.25, 0.3) is 0 Å². The molecule has 0 amide bonds. The molecule has 0 aliphatic rings. The Bertz CT molecular complexity index is 546. The van der Waals surface area contributed by atoms with Gasteiger partial charge in [0.1, 0.15) is 0 Å². The summed E-state index contributed by atoms with van der Waals surface area (Å²) in [6, 6.07) is 6.61. The van der Waals surface area contributed by atoms with Crippen molar-refractivity contribution in [2.75, 3.05) is 13.2 Å². The number of sulfonamides is 1. The van der Waals surface area contributed by atoms with E-state index in [0.29, 0.717) is 6.54 Å². The maximum Gasteiger partial charge on any atom is 0.238 e. The van der Waals surface area contributed by atoms with Crippen LogP contribution >= 0.6 is 0 Å². The number of hydrogen-bond acceptors (Lipinski definition) is 4. The molecule has 0 aliphatic heterocycles. The first-order chi connectivity index (χ1) is 9.78. The molecule has 1 unspecified atom stereocenters. The molecule has 0 saturated heterocycles. The maximum atomic E-state index is 11.4. The molecule has 0 spiro atoms. The van der Waals surface area contributed by atoms with E-state index < -0.39 is 10.0 Å². The summed E-state index contributed by atoms with van der Waals surface area (Å²) < 4.78 is 22.8. The molecule has 5 nitrogen and oxygen atoms in total. The van der Waals surface area contributed by atoms with Gasteiger partial charge in [0.05, 0.1) is 4.90 Å². The van der Waals surface area contributed by atoms with Crippen molar-refractivity contribution in [3.63, 3.8) is 0 Å². The summed E-state index contributed by atoms with van der Waals surface area (Å²) in [5.41, 5.74) is 0.729. The molecule has 0 heterocycles.